The van der Waals surface area contributed by atoms with Gasteiger partial charge < -0.3 is 10.4 Å². The highest BCUT2D eigenvalue weighted by Gasteiger charge is 2.40. The van der Waals surface area contributed by atoms with E-state index < -0.39 is 15.9 Å². The third-order valence-electron chi connectivity index (χ3n) is 3.89. The molecule has 5 nitrogen and oxygen atoms in total. The Bertz CT molecular complexity index is 366. The van der Waals surface area contributed by atoms with E-state index in [2.05, 4.69) is 17.1 Å². The van der Waals surface area contributed by atoms with Gasteiger partial charge in [0.05, 0.1) is 23.7 Å². The first-order chi connectivity index (χ1) is 8.52. The molecule has 2 fully saturated rings. The van der Waals surface area contributed by atoms with Gasteiger partial charge in [0, 0.05) is 12.6 Å². The van der Waals surface area contributed by atoms with E-state index in [1.165, 1.54) is 6.42 Å². The molecule has 2 heterocycles. The Hall–Kier alpha value is -0.170. The first kappa shape index (κ1) is 14.2. The van der Waals surface area contributed by atoms with Crippen molar-refractivity contribution in [3.05, 3.63) is 0 Å². The summed E-state index contributed by atoms with van der Waals surface area (Å²) in [6, 6.07) is 0.240. The lowest BCUT2D eigenvalue weighted by molar-refractivity contribution is 0.0776. The fraction of sp³-hybridized carbons (Fsp3) is 1.00. The zero-order valence-electron chi connectivity index (χ0n) is 11.0. The first-order valence-electron chi connectivity index (χ1n) is 6.88. The van der Waals surface area contributed by atoms with Gasteiger partial charge in [-0.25, -0.2) is 8.42 Å². The highest BCUT2D eigenvalue weighted by molar-refractivity contribution is 7.91. The summed E-state index contributed by atoms with van der Waals surface area (Å²) in [6.45, 7) is 4.85. The SMILES string of the molecule is CCCN(CC1CCCN1)C1CS(=O)(=O)CC1O. The summed E-state index contributed by atoms with van der Waals surface area (Å²) in [5.74, 6) is 0.0386. The van der Waals surface area contributed by atoms with Crippen molar-refractivity contribution in [2.24, 2.45) is 0 Å². The van der Waals surface area contributed by atoms with Crippen molar-refractivity contribution in [1.82, 2.24) is 10.2 Å². The van der Waals surface area contributed by atoms with E-state index in [1.54, 1.807) is 0 Å². The van der Waals surface area contributed by atoms with Gasteiger partial charge in [0.15, 0.2) is 9.84 Å². The number of sulfone groups is 1. The number of hydrogen-bond acceptors (Lipinski definition) is 5. The van der Waals surface area contributed by atoms with E-state index in [1.807, 2.05) is 0 Å². The number of rotatable bonds is 5. The molecule has 2 aliphatic rings. The fourth-order valence-electron chi connectivity index (χ4n) is 3.03. The van der Waals surface area contributed by atoms with Crippen LogP contribution in [0, 0.1) is 0 Å². The highest BCUT2D eigenvalue weighted by atomic mass is 32.2. The van der Waals surface area contributed by atoms with Crippen LogP contribution < -0.4 is 5.32 Å². The summed E-state index contributed by atoms with van der Waals surface area (Å²) in [5.41, 5.74) is 0. The van der Waals surface area contributed by atoms with Gasteiger partial charge >= 0.3 is 0 Å². The van der Waals surface area contributed by atoms with E-state index in [9.17, 15) is 13.5 Å². The molecule has 18 heavy (non-hydrogen) atoms. The summed E-state index contributed by atoms with van der Waals surface area (Å²) in [6.07, 6.45) is 2.60. The molecule has 0 saturated carbocycles. The minimum atomic E-state index is -3.05. The Balaban J connectivity index is 2.00. The quantitative estimate of drug-likeness (QED) is 0.715. The Morgan fingerprint density at radius 2 is 2.17 bits per heavy atom. The summed E-state index contributed by atoms with van der Waals surface area (Å²) >= 11 is 0. The van der Waals surface area contributed by atoms with Crippen LogP contribution in [-0.2, 0) is 9.84 Å². The van der Waals surface area contributed by atoms with Crippen molar-refractivity contribution < 1.29 is 13.5 Å². The molecule has 0 radical (unpaired) electrons. The Morgan fingerprint density at radius 1 is 1.39 bits per heavy atom. The van der Waals surface area contributed by atoms with Gasteiger partial charge in [-0.3, -0.25) is 4.90 Å². The number of aliphatic hydroxyl groups excluding tert-OH is 1. The number of hydrogen-bond donors (Lipinski definition) is 2. The normalized spacial score (nSPS) is 35.4. The number of aliphatic hydroxyl groups is 1. The molecule has 0 amide bonds. The van der Waals surface area contributed by atoms with Crippen LogP contribution in [0.5, 0.6) is 0 Å². The monoisotopic (exact) mass is 276 g/mol. The Kier molecular flexibility index (Phi) is 4.64. The van der Waals surface area contributed by atoms with Crippen molar-refractivity contribution in [3.63, 3.8) is 0 Å². The molecule has 3 unspecified atom stereocenters. The summed E-state index contributed by atoms with van der Waals surface area (Å²) in [5, 5.41) is 13.4. The van der Waals surface area contributed by atoms with Crippen molar-refractivity contribution in [2.75, 3.05) is 31.1 Å². The molecule has 0 aromatic heterocycles. The third kappa shape index (κ3) is 3.44. The second-order valence-electron chi connectivity index (χ2n) is 5.50. The average Bonchev–Trinajstić information content (AvgIpc) is 2.85. The predicted molar refractivity (Wildman–Crippen MR) is 71.3 cm³/mol. The lowest BCUT2D eigenvalue weighted by Gasteiger charge is -2.32. The highest BCUT2D eigenvalue weighted by Crippen LogP contribution is 2.20. The Labute approximate surface area is 109 Å². The molecule has 2 aliphatic heterocycles. The lowest BCUT2D eigenvalue weighted by atomic mass is 10.1. The minimum Gasteiger partial charge on any atom is -0.390 e. The molecular weight excluding hydrogens is 252 g/mol. The first-order valence-corrected chi connectivity index (χ1v) is 8.70. The van der Waals surface area contributed by atoms with E-state index in [-0.39, 0.29) is 17.5 Å². The number of nitrogens with one attached hydrogen (secondary N) is 1. The van der Waals surface area contributed by atoms with Crippen LogP contribution in [0.4, 0.5) is 0 Å². The maximum atomic E-state index is 11.6. The van der Waals surface area contributed by atoms with Gasteiger partial charge in [0.2, 0.25) is 0 Å². The van der Waals surface area contributed by atoms with Crippen molar-refractivity contribution in [3.8, 4) is 0 Å². The molecule has 0 aromatic rings. The van der Waals surface area contributed by atoms with Crippen molar-refractivity contribution >= 4 is 9.84 Å². The molecule has 6 heteroatoms. The van der Waals surface area contributed by atoms with Crippen LogP contribution in [0.3, 0.4) is 0 Å². The second kappa shape index (κ2) is 5.86. The van der Waals surface area contributed by atoms with Gasteiger partial charge in [-0.05, 0) is 32.4 Å². The average molecular weight is 276 g/mol. The zero-order chi connectivity index (χ0) is 13.2. The molecule has 2 N–H and O–H groups in total. The standard InChI is InChI=1S/C12H24N2O3S/c1-2-6-14(7-10-4-3-5-13-10)11-8-18(16,17)9-12(11)15/h10-13,15H,2-9H2,1H3. The van der Waals surface area contributed by atoms with Crippen molar-refractivity contribution in [1.29, 1.82) is 0 Å². The van der Waals surface area contributed by atoms with Crippen LogP contribution in [0.2, 0.25) is 0 Å². The molecule has 106 valence electrons. The summed E-state index contributed by atoms with van der Waals surface area (Å²) in [7, 11) is -3.05. The van der Waals surface area contributed by atoms with E-state index >= 15 is 0 Å². The van der Waals surface area contributed by atoms with Crippen LogP contribution in [-0.4, -0.2) is 67.8 Å². The molecule has 0 aromatic carbocycles. The lowest BCUT2D eigenvalue weighted by Crippen LogP contribution is -2.48. The largest absolute Gasteiger partial charge is 0.390 e. The summed E-state index contributed by atoms with van der Waals surface area (Å²) < 4.78 is 23.2. The topological polar surface area (TPSA) is 69.6 Å². The van der Waals surface area contributed by atoms with Crippen LogP contribution in [0.15, 0.2) is 0 Å². The maximum Gasteiger partial charge on any atom is 0.154 e. The van der Waals surface area contributed by atoms with Crippen LogP contribution in [0.25, 0.3) is 0 Å². The summed E-state index contributed by atoms with van der Waals surface area (Å²) in [4.78, 5) is 2.16. The molecule has 3 atom stereocenters. The maximum absolute atomic E-state index is 11.6. The molecular formula is C12H24N2O3S. The van der Waals surface area contributed by atoms with Gasteiger partial charge in [0.25, 0.3) is 0 Å². The molecule has 0 aliphatic carbocycles. The van der Waals surface area contributed by atoms with Gasteiger partial charge in [-0.1, -0.05) is 6.92 Å². The van der Waals surface area contributed by atoms with Gasteiger partial charge in [-0.15, -0.1) is 0 Å². The molecule has 2 saturated heterocycles. The van der Waals surface area contributed by atoms with E-state index in [4.69, 9.17) is 0 Å². The van der Waals surface area contributed by atoms with E-state index in [0.717, 1.165) is 32.5 Å². The fourth-order valence-corrected chi connectivity index (χ4v) is 4.87. The van der Waals surface area contributed by atoms with Crippen LogP contribution >= 0.6 is 0 Å². The predicted octanol–water partition coefficient (Wildman–Crippen LogP) is -0.392. The van der Waals surface area contributed by atoms with Gasteiger partial charge in [0.1, 0.15) is 0 Å². The smallest absolute Gasteiger partial charge is 0.154 e. The van der Waals surface area contributed by atoms with E-state index in [0.29, 0.717) is 6.04 Å². The zero-order valence-corrected chi connectivity index (χ0v) is 11.8. The van der Waals surface area contributed by atoms with Crippen molar-refractivity contribution in [2.45, 2.75) is 44.4 Å². The second-order valence-corrected chi connectivity index (χ2v) is 7.65. The minimum absolute atomic E-state index is 0.0734. The molecule has 0 spiro atoms. The van der Waals surface area contributed by atoms with Gasteiger partial charge in [-0.2, -0.15) is 0 Å². The molecule has 2 rings (SSSR count). The molecule has 0 bridgehead atoms. The van der Waals surface area contributed by atoms with Crippen LogP contribution in [0.1, 0.15) is 26.2 Å². The third-order valence-corrected chi connectivity index (χ3v) is 5.59. The number of nitrogens with zero attached hydrogens (tertiary/aromatic N) is 1. The Morgan fingerprint density at radius 3 is 2.67 bits per heavy atom.